The van der Waals surface area contributed by atoms with E-state index in [1.54, 1.807) is 0 Å². The van der Waals surface area contributed by atoms with Gasteiger partial charge in [0, 0.05) is 59.1 Å². The number of hydrogen-bond acceptors (Lipinski definition) is 2. The van der Waals surface area contributed by atoms with Crippen LogP contribution in [0.25, 0.3) is 58.8 Å². The summed E-state index contributed by atoms with van der Waals surface area (Å²) in [7, 11) is 0. The summed E-state index contributed by atoms with van der Waals surface area (Å²) in [5.41, 5.74) is 19.3. The lowest BCUT2D eigenvalue weighted by molar-refractivity contribution is 0.590. The first-order chi connectivity index (χ1) is 29.6. The van der Waals surface area contributed by atoms with Crippen molar-refractivity contribution in [3.8, 4) is 16.8 Å². The Labute approximate surface area is 361 Å². The summed E-state index contributed by atoms with van der Waals surface area (Å²) in [6.45, 7) is 14.0. The highest BCUT2D eigenvalue weighted by molar-refractivity contribution is 7.27. The first-order valence-electron chi connectivity index (χ1n) is 21.8. The quantitative estimate of drug-likeness (QED) is 0.158. The van der Waals surface area contributed by atoms with E-state index in [4.69, 9.17) is 0 Å². The number of rotatable bonds is 2. The van der Waals surface area contributed by atoms with Gasteiger partial charge in [0.2, 0.25) is 0 Å². The summed E-state index contributed by atoms with van der Waals surface area (Å²) in [6.07, 6.45) is 0. The average molecular weight is 801 g/mol. The molecule has 2 nitrogen and oxygen atoms in total. The van der Waals surface area contributed by atoms with Gasteiger partial charge in [-0.05, 0) is 85.5 Å². The maximum atomic E-state index is 2.78. The number of nitrogens with zero attached hydrogens (tertiary/aromatic N) is 2. The Morgan fingerprint density at radius 2 is 1.18 bits per heavy atom. The summed E-state index contributed by atoms with van der Waals surface area (Å²) in [5, 5.41) is 5.46. The first-order valence-corrected chi connectivity index (χ1v) is 22.6. The Bertz CT molecular complexity index is 3470. The molecule has 0 unspecified atom stereocenters. The number of aromatic nitrogens is 1. The maximum absolute atomic E-state index is 2.78. The SMILES string of the molecule is CC(C)(C)c1ccc2c(c1)B1c3c(c4sc5ccccc5c4c4c5cc(C(C)(C)C)ccc5n-2c34)-c2cccc3c2N1c1ccccc1C3(c1ccccc1)c1ccccc1. The zero-order valence-electron chi connectivity index (χ0n) is 35.5. The second-order valence-electron chi connectivity index (χ2n) is 19.6. The summed E-state index contributed by atoms with van der Waals surface area (Å²) >= 11 is 1.98. The van der Waals surface area contributed by atoms with E-state index in [0.717, 1.165) is 0 Å². The fourth-order valence-electron chi connectivity index (χ4n) is 11.6. The third-order valence-electron chi connectivity index (χ3n) is 14.3. The molecule has 3 aliphatic rings. The molecule has 0 atom stereocenters. The molecule has 0 N–H and O–H groups in total. The highest BCUT2D eigenvalue weighted by Crippen LogP contribution is 2.61. The molecule has 0 fully saturated rings. The molecule has 292 valence electrons. The summed E-state index contributed by atoms with van der Waals surface area (Å²) < 4.78 is 5.38. The van der Waals surface area contributed by atoms with Crippen LogP contribution in [0, 0.1) is 0 Å². The van der Waals surface area contributed by atoms with Gasteiger partial charge in [-0.15, -0.1) is 11.3 Å². The van der Waals surface area contributed by atoms with Crippen LogP contribution in [0.3, 0.4) is 0 Å². The molecule has 0 saturated carbocycles. The number of anilines is 2. The van der Waals surface area contributed by atoms with Crippen LogP contribution >= 0.6 is 11.3 Å². The van der Waals surface area contributed by atoms with Crippen molar-refractivity contribution >= 4 is 82.5 Å². The fourth-order valence-corrected chi connectivity index (χ4v) is 12.9. The van der Waals surface area contributed by atoms with Crippen LogP contribution in [-0.2, 0) is 16.2 Å². The maximum Gasteiger partial charge on any atom is 0.333 e. The molecule has 0 bridgehead atoms. The Kier molecular flexibility index (Phi) is 6.92. The molecule has 10 aromatic rings. The molecule has 8 aromatic carbocycles. The third-order valence-corrected chi connectivity index (χ3v) is 15.5. The minimum atomic E-state index is -0.551. The van der Waals surface area contributed by atoms with Crippen LogP contribution < -0.4 is 15.7 Å². The molecule has 4 heteroatoms. The van der Waals surface area contributed by atoms with Crippen LogP contribution in [0.2, 0.25) is 0 Å². The van der Waals surface area contributed by atoms with Crippen molar-refractivity contribution < 1.29 is 0 Å². The number of para-hydroxylation sites is 2. The van der Waals surface area contributed by atoms with Gasteiger partial charge in [0.05, 0.1) is 16.4 Å². The van der Waals surface area contributed by atoms with Gasteiger partial charge in [-0.25, -0.2) is 0 Å². The molecule has 3 aliphatic heterocycles. The fraction of sp³-hybridized carbons (Fsp3) is 0.158. The second kappa shape index (κ2) is 11.9. The van der Waals surface area contributed by atoms with Gasteiger partial charge < -0.3 is 9.38 Å². The topological polar surface area (TPSA) is 8.17 Å². The van der Waals surface area contributed by atoms with Crippen molar-refractivity contribution in [1.82, 2.24) is 4.57 Å². The summed E-state index contributed by atoms with van der Waals surface area (Å²) in [4.78, 5) is 2.78. The van der Waals surface area contributed by atoms with Crippen LogP contribution in [-0.4, -0.2) is 11.4 Å². The van der Waals surface area contributed by atoms with Crippen molar-refractivity contribution in [3.05, 3.63) is 197 Å². The summed E-state index contributed by atoms with van der Waals surface area (Å²) in [5.74, 6) is 0. The van der Waals surface area contributed by atoms with Crippen LogP contribution in [0.5, 0.6) is 0 Å². The van der Waals surface area contributed by atoms with E-state index in [2.05, 4.69) is 215 Å². The minimum Gasteiger partial charge on any atom is -0.376 e. The van der Waals surface area contributed by atoms with Gasteiger partial charge in [-0.2, -0.15) is 0 Å². The lowest BCUT2D eigenvalue weighted by atomic mass is 9.42. The van der Waals surface area contributed by atoms with Crippen LogP contribution in [0.4, 0.5) is 11.4 Å². The van der Waals surface area contributed by atoms with Crippen molar-refractivity contribution in [1.29, 1.82) is 0 Å². The van der Waals surface area contributed by atoms with E-state index in [-0.39, 0.29) is 17.7 Å². The molecular weight excluding hydrogens is 756 g/mol. The highest BCUT2D eigenvalue weighted by Gasteiger charge is 2.53. The predicted molar refractivity (Wildman–Crippen MR) is 262 cm³/mol. The molecule has 61 heavy (non-hydrogen) atoms. The van der Waals surface area contributed by atoms with E-state index in [1.165, 1.54) is 114 Å². The van der Waals surface area contributed by atoms with E-state index < -0.39 is 5.41 Å². The van der Waals surface area contributed by atoms with Crippen molar-refractivity contribution in [2.75, 3.05) is 4.81 Å². The smallest absolute Gasteiger partial charge is 0.333 e. The Morgan fingerprint density at radius 1 is 0.541 bits per heavy atom. The third kappa shape index (κ3) is 4.43. The van der Waals surface area contributed by atoms with Crippen LogP contribution in [0.1, 0.15) is 74.9 Å². The van der Waals surface area contributed by atoms with Crippen molar-refractivity contribution in [2.45, 2.75) is 57.8 Å². The van der Waals surface area contributed by atoms with E-state index in [9.17, 15) is 0 Å². The molecule has 0 saturated heterocycles. The second-order valence-corrected chi connectivity index (χ2v) is 20.7. The minimum absolute atomic E-state index is 0.00569. The Hall–Kier alpha value is -6.36. The van der Waals surface area contributed by atoms with Crippen molar-refractivity contribution in [3.63, 3.8) is 0 Å². The molecule has 0 aliphatic carbocycles. The van der Waals surface area contributed by atoms with E-state index in [1.807, 2.05) is 11.3 Å². The average Bonchev–Trinajstić information content (AvgIpc) is 3.83. The Balaban J connectivity index is 1.30. The number of hydrogen-bond donors (Lipinski definition) is 0. The normalized spacial score (nSPS) is 14.8. The van der Waals surface area contributed by atoms with Gasteiger partial charge in [0.1, 0.15) is 0 Å². The van der Waals surface area contributed by atoms with Gasteiger partial charge in [-0.1, -0.05) is 175 Å². The molecule has 2 aromatic heterocycles. The first kappa shape index (κ1) is 35.4. The molecule has 0 spiro atoms. The summed E-state index contributed by atoms with van der Waals surface area (Å²) in [6, 6.07) is 63.0. The lowest BCUT2D eigenvalue weighted by Crippen LogP contribution is -2.62. The Morgan fingerprint density at radius 3 is 1.92 bits per heavy atom. The lowest BCUT2D eigenvalue weighted by Gasteiger charge is -2.52. The number of benzene rings is 8. The standard InChI is InChI=1S/C57H45BN2S/c1-55(2,3)36-28-30-44-40(32-36)48-49-38-22-13-16-27-47(38)61-54(49)50-39-23-17-25-42-52(39)60(58-43-33-37(56(4,5)6)29-31-46(43)59(44)53(48)51(50)58)45-26-15-14-24-41(45)57(42,34-18-9-7-10-19-34)35-20-11-8-12-21-35/h7-33H,1-6H3. The van der Waals surface area contributed by atoms with Crippen LogP contribution in [0.15, 0.2) is 164 Å². The van der Waals surface area contributed by atoms with E-state index >= 15 is 0 Å². The molecule has 0 radical (unpaired) electrons. The van der Waals surface area contributed by atoms with Gasteiger partial charge in [0.25, 0.3) is 0 Å². The van der Waals surface area contributed by atoms with Gasteiger partial charge in [-0.3, -0.25) is 0 Å². The molecule has 13 rings (SSSR count). The zero-order valence-corrected chi connectivity index (χ0v) is 36.3. The zero-order chi connectivity index (χ0) is 41.2. The number of thiophene rings is 1. The number of fused-ring (bicyclic) bond motifs is 15. The predicted octanol–water partition coefficient (Wildman–Crippen LogP) is 13.7. The highest BCUT2D eigenvalue weighted by atomic mass is 32.1. The van der Waals surface area contributed by atoms with Crippen molar-refractivity contribution in [2.24, 2.45) is 0 Å². The molecule has 5 heterocycles. The largest absolute Gasteiger partial charge is 0.376 e. The molecule has 0 amide bonds. The molecular formula is C57H45BN2S. The monoisotopic (exact) mass is 800 g/mol. The van der Waals surface area contributed by atoms with E-state index in [0.29, 0.717) is 0 Å². The van der Waals surface area contributed by atoms with Gasteiger partial charge >= 0.3 is 6.85 Å². The van der Waals surface area contributed by atoms with Gasteiger partial charge in [0.15, 0.2) is 0 Å².